The summed E-state index contributed by atoms with van der Waals surface area (Å²) in [5.41, 5.74) is 2.20. The normalized spacial score (nSPS) is 12.6. The minimum Gasteiger partial charge on any atom is -0.311 e. The van der Waals surface area contributed by atoms with Gasteiger partial charge < -0.3 is 5.32 Å². The van der Waals surface area contributed by atoms with Crippen LogP contribution in [0.15, 0.2) is 18.2 Å². The minimum atomic E-state index is 0.697. The van der Waals surface area contributed by atoms with Crippen LogP contribution in [-0.2, 0) is 6.54 Å². The molecule has 0 aliphatic carbocycles. The summed E-state index contributed by atoms with van der Waals surface area (Å²) in [6.07, 6.45) is 3.58. The molecule has 0 bridgehead atoms. The molecule has 0 amide bonds. The molecule has 0 aliphatic heterocycles. The third-order valence-electron chi connectivity index (χ3n) is 2.90. The lowest BCUT2D eigenvalue weighted by molar-refractivity contribution is 0.429. The van der Waals surface area contributed by atoms with Crippen molar-refractivity contribution in [1.82, 2.24) is 10.3 Å². The van der Waals surface area contributed by atoms with Gasteiger partial charge in [0.25, 0.3) is 0 Å². The summed E-state index contributed by atoms with van der Waals surface area (Å²) in [7, 11) is 0. The Balaban J connectivity index is 2.30. The molecule has 0 spiro atoms. The van der Waals surface area contributed by atoms with E-state index in [-0.39, 0.29) is 0 Å². The lowest BCUT2D eigenvalue weighted by Crippen LogP contribution is -2.23. The van der Waals surface area contributed by atoms with Crippen LogP contribution < -0.4 is 5.32 Å². The average molecular weight is 255 g/mol. The molecule has 1 rings (SSSR count). The number of nitrogens with one attached hydrogen (secondary N) is 1. The second-order valence-electron chi connectivity index (χ2n) is 4.53. The molecule has 0 saturated carbocycles. The summed E-state index contributed by atoms with van der Waals surface area (Å²) < 4.78 is 0. The number of alkyl halides is 1. The summed E-state index contributed by atoms with van der Waals surface area (Å²) in [5.74, 6) is 1.46. The molecule has 1 N–H and O–H groups in total. The highest BCUT2D eigenvalue weighted by Gasteiger charge is 2.06. The fourth-order valence-electron chi connectivity index (χ4n) is 2.01. The zero-order valence-corrected chi connectivity index (χ0v) is 11.6. The molecule has 0 aromatic carbocycles. The van der Waals surface area contributed by atoms with E-state index in [0.717, 1.165) is 36.8 Å². The highest BCUT2D eigenvalue weighted by Crippen LogP contribution is 2.11. The molecular formula is C14H23ClN2. The van der Waals surface area contributed by atoms with Gasteiger partial charge in [-0.3, -0.25) is 4.98 Å². The summed E-state index contributed by atoms with van der Waals surface area (Å²) in [5, 5.41) is 3.48. The number of rotatable bonds is 8. The van der Waals surface area contributed by atoms with Crippen LogP contribution >= 0.6 is 11.6 Å². The smallest absolute Gasteiger partial charge is 0.0544 e. The summed E-state index contributed by atoms with van der Waals surface area (Å²) in [4.78, 5) is 4.47. The lowest BCUT2D eigenvalue weighted by Gasteiger charge is -2.15. The van der Waals surface area contributed by atoms with E-state index >= 15 is 0 Å². The standard InChI is InChI=1S/C14H23ClN2/c1-3-5-13(8-9-15)10-16-11-14-7-4-6-12(2)17-14/h4,6-7,13,16H,3,5,8-11H2,1-2H3. The summed E-state index contributed by atoms with van der Waals surface area (Å²) in [6, 6.07) is 6.15. The van der Waals surface area contributed by atoms with Gasteiger partial charge in [-0.2, -0.15) is 0 Å². The van der Waals surface area contributed by atoms with Crippen LogP contribution in [0.25, 0.3) is 0 Å². The van der Waals surface area contributed by atoms with Gasteiger partial charge in [-0.05, 0) is 44.4 Å². The van der Waals surface area contributed by atoms with Gasteiger partial charge in [0, 0.05) is 18.1 Å². The predicted octanol–water partition coefficient (Wildman–Crippen LogP) is 3.52. The quantitative estimate of drug-likeness (QED) is 0.718. The van der Waals surface area contributed by atoms with Gasteiger partial charge in [0.2, 0.25) is 0 Å². The third-order valence-corrected chi connectivity index (χ3v) is 3.12. The van der Waals surface area contributed by atoms with Gasteiger partial charge in [-0.1, -0.05) is 19.4 Å². The molecule has 0 radical (unpaired) electrons. The lowest BCUT2D eigenvalue weighted by atomic mass is 10.0. The highest BCUT2D eigenvalue weighted by molar-refractivity contribution is 6.17. The number of halogens is 1. The number of aromatic nitrogens is 1. The maximum Gasteiger partial charge on any atom is 0.0544 e. The molecule has 0 saturated heterocycles. The first-order valence-electron chi connectivity index (χ1n) is 6.45. The molecule has 17 heavy (non-hydrogen) atoms. The zero-order chi connectivity index (χ0) is 12.5. The maximum atomic E-state index is 5.81. The molecule has 1 aromatic heterocycles. The van der Waals surface area contributed by atoms with E-state index in [4.69, 9.17) is 11.6 Å². The van der Waals surface area contributed by atoms with Crippen molar-refractivity contribution in [3.8, 4) is 0 Å². The van der Waals surface area contributed by atoms with E-state index in [1.165, 1.54) is 12.8 Å². The summed E-state index contributed by atoms with van der Waals surface area (Å²) in [6.45, 7) is 6.14. The van der Waals surface area contributed by atoms with Crippen molar-refractivity contribution < 1.29 is 0 Å². The Hall–Kier alpha value is -0.600. The Morgan fingerprint density at radius 3 is 2.82 bits per heavy atom. The van der Waals surface area contributed by atoms with E-state index < -0.39 is 0 Å². The largest absolute Gasteiger partial charge is 0.311 e. The average Bonchev–Trinajstić information content (AvgIpc) is 2.30. The molecule has 0 aliphatic rings. The fraction of sp³-hybridized carbons (Fsp3) is 0.643. The van der Waals surface area contributed by atoms with Gasteiger partial charge in [-0.25, -0.2) is 0 Å². The van der Waals surface area contributed by atoms with E-state index in [1.807, 2.05) is 13.0 Å². The molecule has 1 aromatic rings. The first-order valence-corrected chi connectivity index (χ1v) is 6.99. The van der Waals surface area contributed by atoms with Crippen LogP contribution in [-0.4, -0.2) is 17.4 Å². The van der Waals surface area contributed by atoms with Crippen molar-refractivity contribution in [2.45, 2.75) is 39.7 Å². The van der Waals surface area contributed by atoms with Gasteiger partial charge in [0.15, 0.2) is 0 Å². The molecule has 0 fully saturated rings. The number of hydrogen-bond acceptors (Lipinski definition) is 2. The van der Waals surface area contributed by atoms with E-state index in [2.05, 4.69) is 29.4 Å². The van der Waals surface area contributed by atoms with Gasteiger partial charge in [0.1, 0.15) is 0 Å². The fourth-order valence-corrected chi connectivity index (χ4v) is 2.32. The van der Waals surface area contributed by atoms with Crippen LogP contribution in [0.2, 0.25) is 0 Å². The molecule has 3 heteroatoms. The van der Waals surface area contributed by atoms with E-state index in [9.17, 15) is 0 Å². The van der Waals surface area contributed by atoms with E-state index in [1.54, 1.807) is 0 Å². The first-order chi connectivity index (χ1) is 8.26. The van der Waals surface area contributed by atoms with Crippen LogP contribution in [0, 0.1) is 12.8 Å². The van der Waals surface area contributed by atoms with Crippen LogP contribution in [0.5, 0.6) is 0 Å². The highest BCUT2D eigenvalue weighted by atomic mass is 35.5. The van der Waals surface area contributed by atoms with Crippen molar-refractivity contribution in [3.05, 3.63) is 29.6 Å². The van der Waals surface area contributed by atoms with E-state index in [0.29, 0.717) is 5.92 Å². The van der Waals surface area contributed by atoms with Crippen LogP contribution in [0.3, 0.4) is 0 Å². The molecular weight excluding hydrogens is 232 g/mol. The van der Waals surface area contributed by atoms with Gasteiger partial charge >= 0.3 is 0 Å². The Kier molecular flexibility index (Phi) is 7.22. The number of nitrogens with zero attached hydrogens (tertiary/aromatic N) is 1. The Bertz CT molecular complexity index is 309. The minimum absolute atomic E-state index is 0.697. The third kappa shape index (κ3) is 6.04. The Morgan fingerprint density at radius 2 is 2.18 bits per heavy atom. The first kappa shape index (κ1) is 14.5. The predicted molar refractivity (Wildman–Crippen MR) is 74.4 cm³/mol. The molecule has 96 valence electrons. The Labute approximate surface area is 110 Å². The van der Waals surface area contributed by atoms with Crippen LogP contribution in [0.1, 0.15) is 37.6 Å². The molecule has 1 heterocycles. The van der Waals surface area contributed by atoms with Crippen molar-refractivity contribution >= 4 is 11.6 Å². The molecule has 1 unspecified atom stereocenters. The van der Waals surface area contributed by atoms with Crippen molar-refractivity contribution in [2.24, 2.45) is 5.92 Å². The maximum absolute atomic E-state index is 5.81. The van der Waals surface area contributed by atoms with Crippen molar-refractivity contribution in [1.29, 1.82) is 0 Å². The van der Waals surface area contributed by atoms with Gasteiger partial charge in [-0.15, -0.1) is 11.6 Å². The van der Waals surface area contributed by atoms with Crippen molar-refractivity contribution in [3.63, 3.8) is 0 Å². The number of hydrogen-bond donors (Lipinski definition) is 1. The number of aryl methyl sites for hydroxylation is 1. The zero-order valence-electron chi connectivity index (χ0n) is 10.9. The van der Waals surface area contributed by atoms with Crippen LogP contribution in [0.4, 0.5) is 0 Å². The second kappa shape index (κ2) is 8.48. The van der Waals surface area contributed by atoms with Crippen molar-refractivity contribution in [2.75, 3.05) is 12.4 Å². The SMILES string of the molecule is CCCC(CCCl)CNCc1cccc(C)n1. The molecule has 1 atom stereocenters. The second-order valence-corrected chi connectivity index (χ2v) is 4.91. The topological polar surface area (TPSA) is 24.9 Å². The number of pyridine rings is 1. The monoisotopic (exact) mass is 254 g/mol. The van der Waals surface area contributed by atoms with Gasteiger partial charge in [0.05, 0.1) is 5.69 Å². The Morgan fingerprint density at radius 1 is 1.35 bits per heavy atom. The summed E-state index contributed by atoms with van der Waals surface area (Å²) >= 11 is 5.81. The molecule has 2 nitrogen and oxygen atoms in total.